The summed E-state index contributed by atoms with van der Waals surface area (Å²) in [4.78, 5) is 0. The molecule has 1 rings (SSSR count). The largest absolute Gasteiger partial charge is 0.491 e. The van der Waals surface area contributed by atoms with E-state index in [4.69, 9.17) is 14.7 Å². The van der Waals surface area contributed by atoms with E-state index in [1.807, 2.05) is 13.0 Å². The average Bonchev–Trinajstić information content (AvgIpc) is 2.49. The van der Waals surface area contributed by atoms with Crippen LogP contribution < -0.4 is 10.1 Å². The minimum atomic E-state index is -0.596. The zero-order valence-corrected chi connectivity index (χ0v) is 12.3. The summed E-state index contributed by atoms with van der Waals surface area (Å²) in [5.74, 6) is 0.637. The number of ether oxygens (including phenoxy) is 2. The van der Waals surface area contributed by atoms with Crippen LogP contribution in [-0.2, 0) is 4.74 Å². The number of rotatable bonds is 10. The van der Waals surface area contributed by atoms with Crippen molar-refractivity contribution < 1.29 is 14.6 Å². The number of aliphatic hydroxyl groups excluding tert-OH is 1. The zero-order valence-electron chi connectivity index (χ0n) is 12.3. The predicted molar refractivity (Wildman–Crippen MR) is 81.2 cm³/mol. The minimum Gasteiger partial charge on any atom is -0.491 e. The van der Waals surface area contributed by atoms with E-state index in [9.17, 15) is 5.11 Å². The number of benzene rings is 1. The van der Waals surface area contributed by atoms with Crippen molar-refractivity contribution in [2.24, 2.45) is 0 Å². The van der Waals surface area contributed by atoms with E-state index in [0.717, 1.165) is 5.57 Å². The fraction of sp³-hybridized carbons (Fsp3) is 0.438. The summed E-state index contributed by atoms with van der Waals surface area (Å²) in [6, 6.07) is 8.82. The van der Waals surface area contributed by atoms with Gasteiger partial charge in [-0.1, -0.05) is 12.2 Å². The first kappa shape index (κ1) is 17.2. The molecule has 0 amide bonds. The van der Waals surface area contributed by atoms with Crippen LogP contribution in [0.4, 0.5) is 0 Å². The molecule has 0 aliphatic heterocycles. The summed E-state index contributed by atoms with van der Waals surface area (Å²) in [6.45, 7) is 8.11. The van der Waals surface area contributed by atoms with Gasteiger partial charge in [-0.3, -0.25) is 0 Å². The van der Waals surface area contributed by atoms with Gasteiger partial charge in [0.25, 0.3) is 0 Å². The summed E-state index contributed by atoms with van der Waals surface area (Å²) in [5, 5.41) is 21.5. The van der Waals surface area contributed by atoms with E-state index in [1.165, 1.54) is 0 Å². The van der Waals surface area contributed by atoms with Gasteiger partial charge in [0.2, 0.25) is 0 Å². The van der Waals surface area contributed by atoms with Gasteiger partial charge in [0.15, 0.2) is 0 Å². The second kappa shape index (κ2) is 9.94. The van der Waals surface area contributed by atoms with Crippen molar-refractivity contribution in [3.8, 4) is 11.8 Å². The minimum absolute atomic E-state index is 0.200. The van der Waals surface area contributed by atoms with Crippen molar-refractivity contribution in [3.63, 3.8) is 0 Å². The highest BCUT2D eigenvalue weighted by Crippen LogP contribution is 2.11. The van der Waals surface area contributed by atoms with Gasteiger partial charge in [0.05, 0.1) is 24.8 Å². The third-order valence-electron chi connectivity index (χ3n) is 2.58. The molecule has 0 fully saturated rings. The molecule has 0 saturated heterocycles. The van der Waals surface area contributed by atoms with Crippen LogP contribution in [0.1, 0.15) is 12.5 Å². The van der Waals surface area contributed by atoms with E-state index in [1.54, 1.807) is 24.3 Å². The molecule has 5 nitrogen and oxygen atoms in total. The average molecular weight is 290 g/mol. The molecule has 1 unspecified atom stereocenters. The Morgan fingerprint density at radius 1 is 1.43 bits per heavy atom. The Morgan fingerprint density at radius 3 is 2.76 bits per heavy atom. The van der Waals surface area contributed by atoms with Crippen LogP contribution in [0.5, 0.6) is 5.75 Å². The van der Waals surface area contributed by atoms with Crippen LogP contribution in [-0.4, -0.2) is 44.1 Å². The second-order valence-corrected chi connectivity index (χ2v) is 4.81. The number of nitrogens with one attached hydrogen (secondary N) is 1. The lowest BCUT2D eigenvalue weighted by Crippen LogP contribution is -2.33. The molecule has 5 heteroatoms. The molecule has 2 N–H and O–H groups in total. The number of nitrogens with zero attached hydrogens (tertiary/aromatic N) is 1. The molecule has 0 heterocycles. The molecule has 1 aromatic carbocycles. The molecule has 0 bridgehead atoms. The van der Waals surface area contributed by atoms with E-state index < -0.39 is 6.10 Å². The van der Waals surface area contributed by atoms with Gasteiger partial charge in [-0.15, -0.1) is 0 Å². The highest BCUT2D eigenvalue weighted by atomic mass is 16.5. The Balaban J connectivity index is 2.09. The van der Waals surface area contributed by atoms with Gasteiger partial charge < -0.3 is 19.9 Å². The zero-order chi connectivity index (χ0) is 15.5. The normalized spacial score (nSPS) is 11.7. The summed E-state index contributed by atoms with van der Waals surface area (Å²) in [6.07, 6.45) is -0.596. The third kappa shape index (κ3) is 8.10. The van der Waals surface area contributed by atoms with Crippen molar-refractivity contribution in [1.29, 1.82) is 5.26 Å². The van der Waals surface area contributed by atoms with Crippen LogP contribution in [0.15, 0.2) is 36.4 Å². The molecule has 1 atom stereocenters. The smallest absolute Gasteiger partial charge is 0.119 e. The van der Waals surface area contributed by atoms with Gasteiger partial charge in [-0.05, 0) is 31.2 Å². The molecule has 0 aliphatic rings. The molecular weight excluding hydrogens is 268 g/mol. The first-order valence-electron chi connectivity index (χ1n) is 6.85. The standard InChI is InChI=1S/C16H22N2O3/c1-13(2)11-20-8-7-18-10-15(19)12-21-16-5-3-14(9-17)4-6-16/h3-6,15,18-19H,1,7-8,10-12H2,2H3. The Bertz CT molecular complexity index is 465. The summed E-state index contributed by atoms with van der Waals surface area (Å²) in [5.41, 5.74) is 1.57. The van der Waals surface area contributed by atoms with Gasteiger partial charge in [0, 0.05) is 13.1 Å². The fourth-order valence-corrected chi connectivity index (χ4v) is 1.54. The fourth-order valence-electron chi connectivity index (χ4n) is 1.54. The van der Waals surface area contributed by atoms with Gasteiger partial charge in [-0.2, -0.15) is 5.26 Å². The SMILES string of the molecule is C=C(C)COCCNCC(O)COc1ccc(C#N)cc1. The summed E-state index contributed by atoms with van der Waals surface area (Å²) >= 11 is 0. The summed E-state index contributed by atoms with van der Waals surface area (Å²) in [7, 11) is 0. The first-order chi connectivity index (χ1) is 10.1. The van der Waals surface area contributed by atoms with Crippen LogP contribution in [0.2, 0.25) is 0 Å². The van der Waals surface area contributed by atoms with Crippen LogP contribution in [0.3, 0.4) is 0 Å². The van der Waals surface area contributed by atoms with E-state index in [2.05, 4.69) is 11.9 Å². The maximum Gasteiger partial charge on any atom is 0.119 e. The number of hydrogen-bond donors (Lipinski definition) is 2. The molecular formula is C16H22N2O3. The van der Waals surface area contributed by atoms with Gasteiger partial charge >= 0.3 is 0 Å². The van der Waals surface area contributed by atoms with E-state index in [-0.39, 0.29) is 6.61 Å². The van der Waals surface area contributed by atoms with Crippen LogP contribution in [0, 0.1) is 11.3 Å². The van der Waals surface area contributed by atoms with Crippen molar-refractivity contribution in [2.45, 2.75) is 13.0 Å². The maximum atomic E-state index is 9.76. The van der Waals surface area contributed by atoms with E-state index in [0.29, 0.717) is 37.6 Å². The molecule has 1 aromatic rings. The topological polar surface area (TPSA) is 74.5 Å². The van der Waals surface area contributed by atoms with E-state index >= 15 is 0 Å². The Labute approximate surface area is 125 Å². The van der Waals surface area contributed by atoms with Crippen molar-refractivity contribution in [3.05, 3.63) is 42.0 Å². The van der Waals surface area contributed by atoms with Gasteiger partial charge in [0.1, 0.15) is 18.5 Å². The highest BCUT2D eigenvalue weighted by Gasteiger charge is 2.04. The second-order valence-electron chi connectivity index (χ2n) is 4.81. The predicted octanol–water partition coefficient (Wildman–Crippen LogP) is 1.48. The monoisotopic (exact) mass is 290 g/mol. The quantitative estimate of drug-likeness (QED) is 0.504. The Morgan fingerprint density at radius 2 is 2.14 bits per heavy atom. The molecule has 0 saturated carbocycles. The van der Waals surface area contributed by atoms with Crippen LogP contribution in [0.25, 0.3) is 0 Å². The van der Waals surface area contributed by atoms with Gasteiger partial charge in [-0.25, -0.2) is 0 Å². The lowest BCUT2D eigenvalue weighted by atomic mass is 10.2. The molecule has 0 spiro atoms. The Hall–Kier alpha value is -1.87. The highest BCUT2D eigenvalue weighted by molar-refractivity contribution is 5.34. The molecule has 0 aromatic heterocycles. The van der Waals surface area contributed by atoms with Crippen molar-refractivity contribution in [1.82, 2.24) is 5.32 Å². The lowest BCUT2D eigenvalue weighted by molar-refractivity contribution is 0.101. The molecule has 114 valence electrons. The summed E-state index contributed by atoms with van der Waals surface area (Å²) < 4.78 is 10.8. The first-order valence-corrected chi connectivity index (χ1v) is 6.85. The third-order valence-corrected chi connectivity index (χ3v) is 2.58. The number of hydrogen-bond acceptors (Lipinski definition) is 5. The number of aliphatic hydroxyl groups is 1. The maximum absolute atomic E-state index is 9.76. The molecule has 21 heavy (non-hydrogen) atoms. The number of nitriles is 1. The Kier molecular flexibility index (Phi) is 8.14. The molecule has 0 radical (unpaired) electrons. The van der Waals surface area contributed by atoms with Crippen molar-refractivity contribution >= 4 is 0 Å². The van der Waals surface area contributed by atoms with Crippen LogP contribution >= 0.6 is 0 Å². The van der Waals surface area contributed by atoms with Crippen molar-refractivity contribution in [2.75, 3.05) is 32.9 Å². The lowest BCUT2D eigenvalue weighted by Gasteiger charge is -2.13. The molecule has 0 aliphatic carbocycles.